The lowest BCUT2D eigenvalue weighted by atomic mass is 9.98. The molecule has 0 spiro atoms. The van der Waals surface area contributed by atoms with Crippen LogP contribution in [-0.2, 0) is 12.8 Å². The minimum Gasteiger partial charge on any atom is -0.493 e. The number of aryl methyl sites for hydroxylation is 1. The lowest BCUT2D eigenvalue weighted by Crippen LogP contribution is -2.15. The Balaban J connectivity index is 1.81. The lowest BCUT2D eigenvalue weighted by molar-refractivity contribution is 0.357. The van der Waals surface area contributed by atoms with Crippen LogP contribution in [0.2, 0.25) is 0 Å². The van der Waals surface area contributed by atoms with Gasteiger partial charge in [-0.2, -0.15) is 0 Å². The highest BCUT2D eigenvalue weighted by molar-refractivity contribution is 5.41. The van der Waals surface area contributed by atoms with Crippen molar-refractivity contribution in [3.05, 3.63) is 58.9 Å². The summed E-state index contributed by atoms with van der Waals surface area (Å²) in [6.45, 7) is 2.86. The standard InChI is InChI=1S/C16H18N2O/c1-11-3-2-7-18-15(11)10-14(17)12-4-5-16-13(9-12)6-8-19-16/h2-5,7,9,14H,6,8,10,17H2,1H3. The van der Waals surface area contributed by atoms with Crippen LogP contribution in [-0.4, -0.2) is 11.6 Å². The number of rotatable bonds is 3. The topological polar surface area (TPSA) is 48.1 Å². The van der Waals surface area contributed by atoms with Gasteiger partial charge in [-0.15, -0.1) is 0 Å². The number of nitrogens with zero attached hydrogens (tertiary/aromatic N) is 1. The Morgan fingerprint density at radius 1 is 1.37 bits per heavy atom. The van der Waals surface area contributed by atoms with Gasteiger partial charge in [-0.1, -0.05) is 18.2 Å². The van der Waals surface area contributed by atoms with Gasteiger partial charge in [0, 0.05) is 30.8 Å². The van der Waals surface area contributed by atoms with Gasteiger partial charge in [0.1, 0.15) is 5.75 Å². The van der Waals surface area contributed by atoms with E-state index in [1.54, 1.807) is 0 Å². The molecule has 2 aromatic rings. The van der Waals surface area contributed by atoms with Crippen molar-refractivity contribution in [2.45, 2.75) is 25.8 Å². The molecule has 98 valence electrons. The van der Waals surface area contributed by atoms with E-state index in [1.807, 2.05) is 18.3 Å². The Morgan fingerprint density at radius 3 is 3.11 bits per heavy atom. The van der Waals surface area contributed by atoms with Gasteiger partial charge in [0.05, 0.1) is 6.61 Å². The summed E-state index contributed by atoms with van der Waals surface area (Å²) < 4.78 is 5.52. The summed E-state index contributed by atoms with van der Waals surface area (Å²) in [5.41, 5.74) is 11.0. The quantitative estimate of drug-likeness (QED) is 0.915. The zero-order valence-corrected chi connectivity index (χ0v) is 11.1. The fourth-order valence-corrected chi connectivity index (χ4v) is 2.50. The van der Waals surface area contributed by atoms with E-state index in [9.17, 15) is 0 Å². The minimum absolute atomic E-state index is 0.0144. The number of hydrogen-bond acceptors (Lipinski definition) is 3. The molecule has 1 aromatic heterocycles. The molecule has 1 unspecified atom stereocenters. The van der Waals surface area contributed by atoms with Crippen LogP contribution < -0.4 is 10.5 Å². The minimum atomic E-state index is -0.0144. The zero-order chi connectivity index (χ0) is 13.2. The third-order valence-corrected chi connectivity index (χ3v) is 3.67. The first kappa shape index (κ1) is 12.2. The number of nitrogens with two attached hydrogens (primary N) is 1. The predicted octanol–water partition coefficient (Wildman–Crippen LogP) is 2.57. The monoisotopic (exact) mass is 254 g/mol. The molecule has 3 nitrogen and oxygen atoms in total. The molecule has 0 fully saturated rings. The van der Waals surface area contributed by atoms with Crippen molar-refractivity contribution in [1.82, 2.24) is 4.98 Å². The highest BCUT2D eigenvalue weighted by Crippen LogP contribution is 2.28. The molecule has 3 rings (SSSR count). The largest absolute Gasteiger partial charge is 0.493 e. The molecule has 3 heteroatoms. The Kier molecular flexibility index (Phi) is 3.22. The van der Waals surface area contributed by atoms with Crippen LogP contribution in [0.25, 0.3) is 0 Å². The van der Waals surface area contributed by atoms with Gasteiger partial charge in [-0.25, -0.2) is 0 Å². The van der Waals surface area contributed by atoms with Crippen molar-refractivity contribution in [1.29, 1.82) is 0 Å². The van der Waals surface area contributed by atoms with E-state index in [2.05, 4.69) is 30.1 Å². The zero-order valence-electron chi connectivity index (χ0n) is 11.1. The van der Waals surface area contributed by atoms with E-state index in [0.29, 0.717) is 0 Å². The number of fused-ring (bicyclic) bond motifs is 1. The SMILES string of the molecule is Cc1cccnc1CC(N)c1ccc2c(c1)CCO2. The summed E-state index contributed by atoms with van der Waals surface area (Å²) >= 11 is 0. The first-order valence-electron chi connectivity index (χ1n) is 6.66. The molecule has 1 atom stereocenters. The molecule has 0 aliphatic carbocycles. The molecule has 0 bridgehead atoms. The van der Waals surface area contributed by atoms with Crippen LogP contribution in [0, 0.1) is 6.92 Å². The van der Waals surface area contributed by atoms with E-state index in [4.69, 9.17) is 10.5 Å². The van der Waals surface area contributed by atoms with Gasteiger partial charge in [0.15, 0.2) is 0 Å². The van der Waals surface area contributed by atoms with Crippen molar-refractivity contribution >= 4 is 0 Å². The first-order valence-corrected chi connectivity index (χ1v) is 6.66. The maximum atomic E-state index is 6.31. The molecule has 1 aliphatic rings. The molecule has 19 heavy (non-hydrogen) atoms. The lowest BCUT2D eigenvalue weighted by Gasteiger charge is -2.14. The number of ether oxygens (including phenoxy) is 1. The molecule has 2 heterocycles. The Labute approximate surface area is 113 Å². The van der Waals surface area contributed by atoms with Crippen molar-refractivity contribution in [2.75, 3.05) is 6.61 Å². The average molecular weight is 254 g/mol. The third-order valence-electron chi connectivity index (χ3n) is 3.67. The van der Waals surface area contributed by atoms with Crippen molar-refractivity contribution < 1.29 is 4.74 Å². The van der Waals surface area contributed by atoms with Crippen LogP contribution in [0.5, 0.6) is 5.75 Å². The van der Waals surface area contributed by atoms with Crippen LogP contribution in [0.3, 0.4) is 0 Å². The van der Waals surface area contributed by atoms with Crippen molar-refractivity contribution in [2.24, 2.45) is 5.73 Å². The highest BCUT2D eigenvalue weighted by Gasteiger charge is 2.15. The molecule has 2 N–H and O–H groups in total. The molecule has 1 aliphatic heterocycles. The van der Waals surface area contributed by atoms with Crippen LogP contribution in [0.15, 0.2) is 36.5 Å². The van der Waals surface area contributed by atoms with Crippen molar-refractivity contribution in [3.8, 4) is 5.75 Å². The molecule has 1 aromatic carbocycles. The third kappa shape index (κ3) is 2.47. The second-order valence-corrected chi connectivity index (χ2v) is 5.04. The van der Waals surface area contributed by atoms with Gasteiger partial charge in [0.25, 0.3) is 0 Å². The highest BCUT2D eigenvalue weighted by atomic mass is 16.5. The smallest absolute Gasteiger partial charge is 0.122 e. The van der Waals surface area contributed by atoms with Crippen molar-refractivity contribution in [3.63, 3.8) is 0 Å². The van der Waals surface area contributed by atoms with E-state index in [0.717, 1.165) is 36.5 Å². The number of benzene rings is 1. The molecular weight excluding hydrogens is 236 g/mol. The van der Waals surface area contributed by atoms with E-state index in [1.165, 1.54) is 11.1 Å². The fourth-order valence-electron chi connectivity index (χ4n) is 2.50. The Bertz CT molecular complexity index is 595. The number of pyridine rings is 1. The normalized spacial score (nSPS) is 14.8. The Hall–Kier alpha value is -1.87. The summed E-state index contributed by atoms with van der Waals surface area (Å²) in [6, 6.07) is 10.3. The van der Waals surface area contributed by atoms with Gasteiger partial charge in [-0.05, 0) is 35.7 Å². The Morgan fingerprint density at radius 2 is 2.26 bits per heavy atom. The van der Waals surface area contributed by atoms with Gasteiger partial charge >= 0.3 is 0 Å². The molecule has 0 saturated carbocycles. The van der Waals surface area contributed by atoms with Gasteiger partial charge in [-0.3, -0.25) is 4.98 Å². The van der Waals surface area contributed by atoms with Gasteiger partial charge in [0.2, 0.25) is 0 Å². The molecule has 0 amide bonds. The summed E-state index contributed by atoms with van der Waals surface area (Å²) in [5.74, 6) is 1.00. The second-order valence-electron chi connectivity index (χ2n) is 5.04. The summed E-state index contributed by atoms with van der Waals surface area (Å²) in [4.78, 5) is 4.41. The fraction of sp³-hybridized carbons (Fsp3) is 0.312. The molecule has 0 saturated heterocycles. The molecular formula is C16H18N2O. The number of hydrogen-bond donors (Lipinski definition) is 1. The first-order chi connectivity index (χ1) is 9.24. The van der Waals surface area contributed by atoms with E-state index >= 15 is 0 Å². The van der Waals surface area contributed by atoms with E-state index in [-0.39, 0.29) is 6.04 Å². The maximum absolute atomic E-state index is 6.31. The molecule has 0 radical (unpaired) electrons. The van der Waals surface area contributed by atoms with Crippen LogP contribution in [0.4, 0.5) is 0 Å². The average Bonchev–Trinajstić information content (AvgIpc) is 2.88. The second kappa shape index (κ2) is 5.02. The maximum Gasteiger partial charge on any atom is 0.122 e. The summed E-state index contributed by atoms with van der Waals surface area (Å²) in [5, 5.41) is 0. The van der Waals surface area contributed by atoms with Gasteiger partial charge < -0.3 is 10.5 Å². The predicted molar refractivity (Wildman–Crippen MR) is 75.2 cm³/mol. The summed E-state index contributed by atoms with van der Waals surface area (Å²) in [6.07, 6.45) is 3.58. The van der Waals surface area contributed by atoms with Crippen LogP contribution >= 0.6 is 0 Å². The number of aromatic nitrogens is 1. The van der Waals surface area contributed by atoms with E-state index < -0.39 is 0 Å². The van der Waals surface area contributed by atoms with Crippen LogP contribution in [0.1, 0.15) is 28.4 Å². The summed E-state index contributed by atoms with van der Waals surface area (Å²) in [7, 11) is 0.